The van der Waals surface area contributed by atoms with E-state index in [9.17, 15) is 14.4 Å². The van der Waals surface area contributed by atoms with Crippen LogP contribution in [0.2, 0.25) is 0 Å². The molecule has 6 heteroatoms. The van der Waals surface area contributed by atoms with Gasteiger partial charge in [0.1, 0.15) is 5.78 Å². The highest BCUT2D eigenvalue weighted by Gasteiger charge is 2.24. The number of nitrogens with one attached hydrogen (secondary N) is 1. The van der Waals surface area contributed by atoms with Crippen LogP contribution in [0, 0.1) is 19.8 Å². The van der Waals surface area contributed by atoms with Crippen LogP contribution in [0.4, 0.5) is 5.69 Å². The smallest absolute Gasteiger partial charge is 0.310 e. The molecule has 6 nitrogen and oxygen atoms in total. The van der Waals surface area contributed by atoms with Gasteiger partial charge in [0.05, 0.1) is 12.5 Å². The first-order valence-electron chi connectivity index (χ1n) is 12.6. The van der Waals surface area contributed by atoms with E-state index in [1.807, 2.05) is 56.3 Å². The van der Waals surface area contributed by atoms with Crippen LogP contribution in [0.5, 0.6) is 0 Å². The molecule has 2 aromatic carbocycles. The molecule has 2 unspecified atom stereocenters. The second-order valence-electron chi connectivity index (χ2n) is 9.34. The van der Waals surface area contributed by atoms with Crippen LogP contribution >= 0.6 is 0 Å². The number of carbonyl (C=O) groups is 3. The summed E-state index contributed by atoms with van der Waals surface area (Å²) in [5.74, 6) is -0.683. The number of carbonyl (C=O) groups excluding carboxylic acids is 2. The van der Waals surface area contributed by atoms with Crippen molar-refractivity contribution in [2.45, 2.75) is 66.2 Å². The molecule has 0 heterocycles. The lowest BCUT2D eigenvalue weighted by atomic mass is 9.94. The van der Waals surface area contributed by atoms with E-state index in [0.717, 1.165) is 66.7 Å². The lowest BCUT2D eigenvalue weighted by Crippen LogP contribution is -2.33. The molecule has 0 saturated heterocycles. The number of anilines is 1. The normalized spacial score (nSPS) is 15.9. The third-order valence-corrected chi connectivity index (χ3v) is 6.77. The van der Waals surface area contributed by atoms with Gasteiger partial charge in [-0.15, -0.1) is 0 Å². The fourth-order valence-electron chi connectivity index (χ4n) is 4.31. The monoisotopic (exact) mass is 480 g/mol. The molecule has 1 saturated carbocycles. The lowest BCUT2D eigenvalue weighted by molar-refractivity contribution is -0.138. The maximum atomic E-state index is 11.9. The van der Waals surface area contributed by atoms with Gasteiger partial charge in [-0.2, -0.15) is 0 Å². The van der Waals surface area contributed by atoms with Crippen molar-refractivity contribution >= 4 is 23.3 Å². The molecule has 2 atom stereocenters. The van der Waals surface area contributed by atoms with Crippen molar-refractivity contribution in [3.63, 3.8) is 0 Å². The number of rotatable bonds is 9. The Morgan fingerprint density at radius 1 is 1.06 bits per heavy atom. The molecule has 1 aliphatic rings. The van der Waals surface area contributed by atoms with E-state index >= 15 is 0 Å². The highest BCUT2D eigenvalue weighted by atomic mass is 16.4. The van der Waals surface area contributed by atoms with Gasteiger partial charge < -0.3 is 10.4 Å². The summed E-state index contributed by atoms with van der Waals surface area (Å²) >= 11 is 0. The minimum Gasteiger partial charge on any atom is -0.481 e. The molecule has 0 bridgehead atoms. The van der Waals surface area contributed by atoms with Gasteiger partial charge >= 0.3 is 5.97 Å². The highest BCUT2D eigenvalue weighted by Crippen LogP contribution is 2.26. The number of hydrogen-bond acceptors (Lipinski definition) is 4. The minimum atomic E-state index is -0.811. The van der Waals surface area contributed by atoms with Crippen molar-refractivity contribution in [3.8, 4) is 0 Å². The van der Waals surface area contributed by atoms with Crippen LogP contribution < -0.4 is 5.32 Å². The summed E-state index contributed by atoms with van der Waals surface area (Å²) in [6, 6.07) is 13.6. The van der Waals surface area contributed by atoms with Crippen LogP contribution in [0.1, 0.15) is 68.2 Å². The number of hydrogen-bond donors (Lipinski definition) is 2. The molecule has 1 amide bonds. The Hall–Kier alpha value is -2.99. The topological polar surface area (TPSA) is 86.7 Å². The summed E-state index contributed by atoms with van der Waals surface area (Å²) in [6.07, 6.45) is 3.52. The van der Waals surface area contributed by atoms with Gasteiger partial charge in [-0.1, -0.05) is 56.3 Å². The minimum absolute atomic E-state index is 0.0612. The zero-order valence-corrected chi connectivity index (χ0v) is 21.8. The van der Waals surface area contributed by atoms with Crippen molar-refractivity contribution in [2.24, 2.45) is 5.92 Å². The number of ketones is 1. The van der Waals surface area contributed by atoms with Gasteiger partial charge in [0.2, 0.25) is 5.91 Å². The summed E-state index contributed by atoms with van der Waals surface area (Å²) in [6.45, 7) is 12.1. The summed E-state index contributed by atoms with van der Waals surface area (Å²) in [4.78, 5) is 36.4. The summed E-state index contributed by atoms with van der Waals surface area (Å²) in [7, 11) is 0. The average Bonchev–Trinajstić information content (AvgIpc) is 3.24. The van der Waals surface area contributed by atoms with E-state index in [-0.39, 0.29) is 11.8 Å². The number of likely N-dealkylation sites (N-methyl/N-ethyl adjacent to an activating group) is 1. The first-order chi connectivity index (χ1) is 16.7. The molecule has 0 radical (unpaired) electrons. The van der Waals surface area contributed by atoms with Gasteiger partial charge in [-0.05, 0) is 75.4 Å². The van der Waals surface area contributed by atoms with Crippen molar-refractivity contribution in [3.05, 3.63) is 64.7 Å². The molecule has 0 aliphatic heterocycles. The molecule has 2 aromatic rings. The Labute approximate surface area is 209 Å². The zero-order valence-electron chi connectivity index (χ0n) is 21.8. The summed E-state index contributed by atoms with van der Waals surface area (Å²) in [5.41, 5.74) is 5.10. The van der Waals surface area contributed by atoms with Crippen molar-refractivity contribution in [1.82, 2.24) is 4.90 Å². The quantitative estimate of drug-likeness (QED) is 0.504. The van der Waals surface area contributed by atoms with Crippen LogP contribution in [-0.2, 0) is 20.8 Å². The van der Waals surface area contributed by atoms with Crippen LogP contribution in [0.15, 0.2) is 42.5 Å². The zero-order chi connectivity index (χ0) is 26.0. The Bertz CT molecular complexity index is 976. The highest BCUT2D eigenvalue weighted by molar-refractivity contribution is 5.93. The van der Waals surface area contributed by atoms with Crippen LogP contribution in [-0.4, -0.2) is 47.3 Å². The van der Waals surface area contributed by atoms with E-state index in [4.69, 9.17) is 5.11 Å². The predicted molar refractivity (Wildman–Crippen MR) is 141 cm³/mol. The number of carboxylic acids is 1. The Morgan fingerprint density at radius 2 is 1.66 bits per heavy atom. The third-order valence-electron chi connectivity index (χ3n) is 6.77. The van der Waals surface area contributed by atoms with Gasteiger partial charge in [-0.25, -0.2) is 0 Å². The maximum Gasteiger partial charge on any atom is 0.310 e. The number of carboxylic acid groups (broad SMARTS) is 1. The number of para-hydroxylation sites is 1. The SMILES string of the molecule is CC(C(=O)O)c1ccc(CC2CCCC2=O)cc1.CCN(CC)CC(=O)Nc1c(C)cccc1C. The molecule has 1 fully saturated rings. The third kappa shape index (κ3) is 8.62. The number of aliphatic carboxylic acids is 1. The molecule has 0 spiro atoms. The molecule has 2 N–H and O–H groups in total. The first-order valence-corrected chi connectivity index (χ1v) is 12.6. The number of aryl methyl sites for hydroxylation is 2. The Balaban J connectivity index is 0.000000247. The van der Waals surface area contributed by atoms with E-state index < -0.39 is 11.9 Å². The van der Waals surface area contributed by atoms with Gasteiger partial charge in [0.25, 0.3) is 0 Å². The predicted octanol–water partition coefficient (Wildman–Crippen LogP) is 5.37. The largest absolute Gasteiger partial charge is 0.481 e. The molecule has 0 aromatic heterocycles. The summed E-state index contributed by atoms with van der Waals surface area (Å²) < 4.78 is 0. The standard InChI is InChI=1S/C15H18O3.C14H22N2O/c1-10(15(17)18)12-7-5-11(6-8-12)9-13-3-2-4-14(13)16;1-5-16(6-2)10-13(17)15-14-11(3)8-7-9-12(14)4/h5-8,10,13H,2-4,9H2,1H3,(H,17,18);7-9H,5-6,10H2,1-4H3,(H,15,17). The lowest BCUT2D eigenvalue weighted by Gasteiger charge is -2.18. The average molecular weight is 481 g/mol. The first kappa shape index (κ1) is 28.2. The van der Waals surface area contributed by atoms with E-state index in [1.54, 1.807) is 6.92 Å². The molecular formula is C29H40N2O4. The fourth-order valence-corrected chi connectivity index (χ4v) is 4.31. The van der Waals surface area contributed by atoms with Crippen molar-refractivity contribution < 1.29 is 19.5 Å². The number of nitrogens with zero attached hydrogens (tertiary/aromatic N) is 1. The Kier molecular flexibility index (Phi) is 11.1. The van der Waals surface area contributed by atoms with Crippen LogP contribution in [0.3, 0.4) is 0 Å². The molecule has 35 heavy (non-hydrogen) atoms. The number of Topliss-reactive ketones (excluding diaryl/α,β-unsaturated/α-hetero) is 1. The molecule has 3 rings (SSSR count). The fraction of sp³-hybridized carbons (Fsp3) is 0.483. The number of amides is 1. The van der Waals surface area contributed by atoms with Gasteiger partial charge in [0, 0.05) is 18.0 Å². The van der Waals surface area contributed by atoms with Gasteiger partial charge in [-0.3, -0.25) is 19.3 Å². The molecule has 1 aliphatic carbocycles. The second-order valence-corrected chi connectivity index (χ2v) is 9.34. The summed E-state index contributed by atoms with van der Waals surface area (Å²) in [5, 5.41) is 11.9. The van der Waals surface area contributed by atoms with E-state index in [2.05, 4.69) is 24.1 Å². The second kappa shape index (κ2) is 13.8. The maximum absolute atomic E-state index is 11.9. The van der Waals surface area contributed by atoms with Gasteiger partial charge in [0.15, 0.2) is 0 Å². The van der Waals surface area contributed by atoms with Crippen LogP contribution in [0.25, 0.3) is 0 Å². The van der Waals surface area contributed by atoms with E-state index in [1.165, 1.54) is 0 Å². The van der Waals surface area contributed by atoms with Crippen molar-refractivity contribution in [2.75, 3.05) is 25.0 Å². The molecule has 190 valence electrons. The Morgan fingerprint density at radius 3 is 2.14 bits per heavy atom. The van der Waals surface area contributed by atoms with Crippen molar-refractivity contribution in [1.29, 1.82) is 0 Å². The molecular weight excluding hydrogens is 440 g/mol. The number of benzene rings is 2. The van der Waals surface area contributed by atoms with E-state index in [0.29, 0.717) is 12.3 Å².